The van der Waals surface area contributed by atoms with Crippen molar-refractivity contribution in [1.82, 2.24) is 9.88 Å². The van der Waals surface area contributed by atoms with Gasteiger partial charge in [0.2, 0.25) is 0 Å². The molecule has 3 rings (SSSR count). The van der Waals surface area contributed by atoms with Gasteiger partial charge in [-0.3, -0.25) is 14.7 Å². The lowest BCUT2D eigenvalue weighted by Gasteiger charge is -2.35. The summed E-state index contributed by atoms with van der Waals surface area (Å²) in [4.78, 5) is 19.3. The molecule has 1 atom stereocenters. The van der Waals surface area contributed by atoms with Crippen LogP contribution in [0.25, 0.3) is 0 Å². The molecule has 1 N–H and O–H groups in total. The Morgan fingerprint density at radius 1 is 1.27 bits per heavy atom. The highest BCUT2D eigenvalue weighted by atomic mass is 32.2. The standard InChI is InChI=1S/C20H24N2O3S/c1-26-18-7-5-15(6-8-18)19(20(23)24)22-12-9-17(10-13-22)25-14-16-4-2-3-11-21-16/h2-8,11,17,19H,9-10,12-14H2,1H3,(H,23,24)/t19-/m0/s1. The molecule has 1 aliphatic heterocycles. The molecule has 0 spiro atoms. The quantitative estimate of drug-likeness (QED) is 0.749. The zero-order valence-corrected chi connectivity index (χ0v) is 15.7. The van der Waals surface area contributed by atoms with Crippen molar-refractivity contribution in [3.05, 3.63) is 59.9 Å². The van der Waals surface area contributed by atoms with Crippen molar-refractivity contribution < 1.29 is 14.6 Å². The van der Waals surface area contributed by atoms with Crippen molar-refractivity contribution in [2.24, 2.45) is 0 Å². The number of ether oxygens (including phenoxy) is 1. The molecule has 0 unspecified atom stereocenters. The van der Waals surface area contributed by atoms with Crippen LogP contribution in [0.3, 0.4) is 0 Å². The Morgan fingerprint density at radius 2 is 2.00 bits per heavy atom. The van der Waals surface area contributed by atoms with Gasteiger partial charge < -0.3 is 9.84 Å². The number of thioether (sulfide) groups is 1. The summed E-state index contributed by atoms with van der Waals surface area (Å²) in [6.07, 6.45) is 5.60. The van der Waals surface area contributed by atoms with Crippen LogP contribution in [0.4, 0.5) is 0 Å². The third-order valence-corrected chi connectivity index (χ3v) is 5.44. The van der Waals surface area contributed by atoms with Crippen LogP contribution in [0.2, 0.25) is 0 Å². The van der Waals surface area contributed by atoms with Crippen molar-refractivity contribution in [2.75, 3.05) is 19.3 Å². The number of carbonyl (C=O) groups is 1. The van der Waals surface area contributed by atoms with Gasteiger partial charge in [0, 0.05) is 24.2 Å². The van der Waals surface area contributed by atoms with Crippen LogP contribution in [-0.2, 0) is 16.1 Å². The second-order valence-electron chi connectivity index (χ2n) is 6.38. The van der Waals surface area contributed by atoms with Crippen molar-refractivity contribution in [3.8, 4) is 0 Å². The molecule has 6 heteroatoms. The summed E-state index contributed by atoms with van der Waals surface area (Å²) in [5, 5.41) is 9.74. The zero-order chi connectivity index (χ0) is 18.4. The maximum absolute atomic E-state index is 11.9. The fourth-order valence-corrected chi connectivity index (χ4v) is 3.69. The summed E-state index contributed by atoms with van der Waals surface area (Å²) in [5.41, 5.74) is 1.76. The number of rotatable bonds is 7. The van der Waals surface area contributed by atoms with E-state index in [1.165, 1.54) is 0 Å². The maximum Gasteiger partial charge on any atom is 0.325 e. The predicted octanol–water partition coefficient (Wildman–Crippen LogP) is 3.61. The van der Waals surface area contributed by atoms with Gasteiger partial charge in [0.15, 0.2) is 0 Å². The van der Waals surface area contributed by atoms with Crippen LogP contribution in [0.5, 0.6) is 0 Å². The molecular formula is C20H24N2O3S. The first-order valence-corrected chi connectivity index (χ1v) is 10.0. The second kappa shape index (κ2) is 9.16. The minimum Gasteiger partial charge on any atom is -0.480 e. The summed E-state index contributed by atoms with van der Waals surface area (Å²) in [7, 11) is 0. The number of hydrogen-bond donors (Lipinski definition) is 1. The minimum absolute atomic E-state index is 0.154. The van der Waals surface area contributed by atoms with E-state index < -0.39 is 12.0 Å². The fourth-order valence-electron chi connectivity index (χ4n) is 3.28. The Kier molecular flexibility index (Phi) is 6.66. The average molecular weight is 372 g/mol. The van der Waals surface area contributed by atoms with E-state index in [-0.39, 0.29) is 6.10 Å². The molecule has 1 aliphatic rings. The van der Waals surface area contributed by atoms with E-state index in [1.54, 1.807) is 18.0 Å². The molecule has 5 nitrogen and oxygen atoms in total. The van der Waals surface area contributed by atoms with Gasteiger partial charge >= 0.3 is 5.97 Å². The Morgan fingerprint density at radius 3 is 2.58 bits per heavy atom. The van der Waals surface area contributed by atoms with Crippen molar-refractivity contribution >= 4 is 17.7 Å². The number of carboxylic acid groups (broad SMARTS) is 1. The van der Waals surface area contributed by atoms with E-state index in [1.807, 2.05) is 53.6 Å². The summed E-state index contributed by atoms with van der Waals surface area (Å²) in [6, 6.07) is 13.0. The minimum atomic E-state index is -0.797. The zero-order valence-electron chi connectivity index (χ0n) is 14.9. The molecule has 1 aromatic carbocycles. The number of nitrogens with zero attached hydrogens (tertiary/aromatic N) is 2. The van der Waals surface area contributed by atoms with Crippen molar-refractivity contribution in [1.29, 1.82) is 0 Å². The maximum atomic E-state index is 11.9. The monoisotopic (exact) mass is 372 g/mol. The highest BCUT2D eigenvalue weighted by molar-refractivity contribution is 7.98. The van der Waals surface area contributed by atoms with Crippen LogP contribution in [0.15, 0.2) is 53.6 Å². The number of pyridine rings is 1. The van der Waals surface area contributed by atoms with Gasteiger partial charge in [0.25, 0.3) is 0 Å². The molecular weight excluding hydrogens is 348 g/mol. The van der Waals surface area contributed by atoms with Crippen LogP contribution in [-0.4, -0.2) is 46.4 Å². The molecule has 1 fully saturated rings. The van der Waals surface area contributed by atoms with Gasteiger partial charge in [0.1, 0.15) is 6.04 Å². The van der Waals surface area contributed by atoms with Crippen molar-refractivity contribution in [2.45, 2.75) is 36.5 Å². The van der Waals surface area contributed by atoms with Gasteiger partial charge in [-0.15, -0.1) is 11.8 Å². The Balaban J connectivity index is 1.56. The first-order chi connectivity index (χ1) is 12.7. The van der Waals surface area contributed by atoms with E-state index in [4.69, 9.17) is 4.74 Å². The molecule has 0 bridgehead atoms. The van der Waals surface area contributed by atoms with Crippen LogP contribution < -0.4 is 0 Å². The topological polar surface area (TPSA) is 62.7 Å². The Hall–Kier alpha value is -1.89. The lowest BCUT2D eigenvalue weighted by Crippen LogP contribution is -2.42. The third-order valence-electron chi connectivity index (χ3n) is 4.70. The average Bonchev–Trinajstić information content (AvgIpc) is 2.68. The molecule has 0 radical (unpaired) electrons. The summed E-state index contributed by atoms with van der Waals surface area (Å²) in [6.45, 7) is 1.94. The molecule has 0 saturated carbocycles. The van der Waals surface area contributed by atoms with Gasteiger partial charge in [-0.1, -0.05) is 18.2 Å². The third kappa shape index (κ3) is 4.84. The SMILES string of the molecule is CSc1ccc([C@@H](C(=O)O)N2CCC(OCc3ccccn3)CC2)cc1. The number of benzene rings is 1. The summed E-state index contributed by atoms with van der Waals surface area (Å²) in [5.74, 6) is -0.797. The summed E-state index contributed by atoms with van der Waals surface area (Å²) >= 11 is 1.65. The van der Waals surface area contributed by atoms with Crippen LogP contribution in [0, 0.1) is 0 Å². The lowest BCUT2D eigenvalue weighted by atomic mass is 10.0. The van der Waals surface area contributed by atoms with Gasteiger partial charge in [-0.2, -0.15) is 0 Å². The highest BCUT2D eigenvalue weighted by Crippen LogP contribution is 2.27. The molecule has 2 heterocycles. The van der Waals surface area contributed by atoms with Crippen LogP contribution >= 0.6 is 11.8 Å². The molecule has 1 saturated heterocycles. The predicted molar refractivity (Wildman–Crippen MR) is 102 cm³/mol. The first-order valence-electron chi connectivity index (χ1n) is 8.79. The van der Waals surface area contributed by atoms with E-state index >= 15 is 0 Å². The molecule has 138 valence electrons. The number of aliphatic carboxylic acids is 1. The Labute approximate surface area is 158 Å². The Bertz CT molecular complexity index is 701. The number of aromatic nitrogens is 1. The molecule has 26 heavy (non-hydrogen) atoms. The molecule has 1 aromatic heterocycles. The lowest BCUT2D eigenvalue weighted by molar-refractivity contribution is -0.145. The molecule has 0 amide bonds. The largest absolute Gasteiger partial charge is 0.480 e. The van der Waals surface area contributed by atoms with Gasteiger partial charge in [-0.25, -0.2) is 0 Å². The van der Waals surface area contributed by atoms with Gasteiger partial charge in [-0.05, 0) is 48.9 Å². The molecule has 0 aliphatic carbocycles. The van der Waals surface area contributed by atoms with E-state index in [0.717, 1.165) is 29.0 Å². The number of piperidine rings is 1. The van der Waals surface area contributed by atoms with Gasteiger partial charge in [0.05, 0.1) is 18.4 Å². The number of likely N-dealkylation sites (tertiary alicyclic amines) is 1. The first kappa shape index (κ1) is 18.9. The normalized spacial score (nSPS) is 17.1. The molecule has 2 aromatic rings. The summed E-state index contributed by atoms with van der Waals surface area (Å²) < 4.78 is 5.95. The highest BCUT2D eigenvalue weighted by Gasteiger charge is 2.31. The van der Waals surface area contributed by atoms with Crippen LogP contribution in [0.1, 0.15) is 30.1 Å². The second-order valence-corrected chi connectivity index (χ2v) is 7.26. The van der Waals surface area contributed by atoms with E-state index in [0.29, 0.717) is 19.7 Å². The fraction of sp³-hybridized carbons (Fsp3) is 0.400. The van der Waals surface area contributed by atoms with E-state index in [2.05, 4.69) is 4.98 Å². The van der Waals surface area contributed by atoms with E-state index in [9.17, 15) is 9.90 Å². The smallest absolute Gasteiger partial charge is 0.325 e. The van der Waals surface area contributed by atoms with Crippen molar-refractivity contribution in [3.63, 3.8) is 0 Å². The number of carboxylic acids is 1. The number of hydrogen-bond acceptors (Lipinski definition) is 5.